The van der Waals surface area contributed by atoms with Crippen LogP contribution in [0.5, 0.6) is 0 Å². The molecule has 2 N–H and O–H groups in total. The van der Waals surface area contributed by atoms with Crippen LogP contribution in [-0.2, 0) is 4.79 Å². The number of nitrogens with one attached hydrogen (secondary N) is 2. The molecule has 2 aromatic heterocycles. The SMILES string of the molecule is C=CC(=O)Nc1cc2c(Nc3ccnc(-c4ccccc4F)c3)ncnc2cc1N1CCC(N2CCN(C)CC2)CC1. The lowest BCUT2D eigenvalue weighted by atomic mass is 10.0. The number of fused-ring (bicyclic) bond motifs is 1. The van der Waals surface area contributed by atoms with Gasteiger partial charge in [0.1, 0.15) is 18.0 Å². The van der Waals surface area contributed by atoms with Gasteiger partial charge in [0, 0.05) is 68.1 Å². The second-order valence-corrected chi connectivity index (χ2v) is 10.9. The molecule has 6 rings (SSSR count). The molecule has 1 amide bonds. The molecule has 0 bridgehead atoms. The van der Waals surface area contributed by atoms with Gasteiger partial charge in [-0.25, -0.2) is 14.4 Å². The highest BCUT2D eigenvalue weighted by Gasteiger charge is 2.28. The molecule has 0 saturated carbocycles. The molecule has 2 aliphatic rings. The molecule has 42 heavy (non-hydrogen) atoms. The monoisotopic (exact) mass is 566 g/mol. The van der Waals surface area contributed by atoms with Gasteiger partial charge in [0.25, 0.3) is 0 Å². The highest BCUT2D eigenvalue weighted by Crippen LogP contribution is 2.36. The molecule has 2 saturated heterocycles. The minimum absolute atomic E-state index is 0.280. The van der Waals surface area contributed by atoms with E-state index in [1.165, 1.54) is 18.5 Å². The number of carbonyl (C=O) groups excluding carboxylic acids is 1. The lowest BCUT2D eigenvalue weighted by Gasteiger charge is -2.43. The zero-order chi connectivity index (χ0) is 29.1. The number of benzene rings is 2. The number of likely N-dealkylation sites (N-methyl/N-ethyl adjacent to an activating group) is 1. The number of hydrogen-bond acceptors (Lipinski definition) is 8. The first-order chi connectivity index (χ1) is 20.5. The van der Waals surface area contributed by atoms with Crippen LogP contribution < -0.4 is 15.5 Å². The van der Waals surface area contributed by atoms with Gasteiger partial charge in [-0.1, -0.05) is 18.7 Å². The number of piperidine rings is 1. The molecule has 2 fully saturated rings. The number of anilines is 4. The maximum absolute atomic E-state index is 14.4. The lowest BCUT2D eigenvalue weighted by molar-refractivity contribution is -0.111. The van der Waals surface area contributed by atoms with Crippen molar-refractivity contribution in [1.29, 1.82) is 0 Å². The third-order valence-corrected chi connectivity index (χ3v) is 8.23. The zero-order valence-electron chi connectivity index (χ0n) is 23.8. The van der Waals surface area contributed by atoms with Crippen LogP contribution >= 0.6 is 0 Å². The van der Waals surface area contributed by atoms with Crippen LogP contribution in [0, 0.1) is 5.82 Å². The Balaban J connectivity index is 1.28. The van der Waals surface area contributed by atoms with E-state index in [4.69, 9.17) is 0 Å². The van der Waals surface area contributed by atoms with E-state index >= 15 is 0 Å². The van der Waals surface area contributed by atoms with E-state index in [0.717, 1.165) is 68.7 Å². The van der Waals surface area contributed by atoms with Crippen LogP contribution in [0.3, 0.4) is 0 Å². The van der Waals surface area contributed by atoms with Gasteiger partial charge in [-0.15, -0.1) is 0 Å². The summed E-state index contributed by atoms with van der Waals surface area (Å²) in [6.45, 7) is 9.88. The van der Waals surface area contributed by atoms with Crippen molar-refractivity contribution in [2.45, 2.75) is 18.9 Å². The highest BCUT2D eigenvalue weighted by molar-refractivity contribution is 6.05. The smallest absolute Gasteiger partial charge is 0.247 e. The maximum atomic E-state index is 14.4. The molecule has 10 heteroatoms. The Hall–Kier alpha value is -4.41. The minimum Gasteiger partial charge on any atom is -0.370 e. The Bertz CT molecular complexity index is 1600. The van der Waals surface area contributed by atoms with Crippen molar-refractivity contribution in [1.82, 2.24) is 24.8 Å². The fraction of sp³-hybridized carbons (Fsp3) is 0.312. The van der Waals surface area contributed by atoms with Gasteiger partial charge in [-0.2, -0.15) is 0 Å². The molecule has 4 aromatic rings. The van der Waals surface area contributed by atoms with Crippen LogP contribution in [0.2, 0.25) is 0 Å². The van der Waals surface area contributed by atoms with Gasteiger partial charge in [0.2, 0.25) is 5.91 Å². The van der Waals surface area contributed by atoms with E-state index in [0.29, 0.717) is 34.5 Å². The van der Waals surface area contributed by atoms with E-state index in [1.54, 1.807) is 36.5 Å². The number of pyridine rings is 1. The lowest BCUT2D eigenvalue weighted by Crippen LogP contribution is -2.52. The average Bonchev–Trinajstić information content (AvgIpc) is 3.02. The Labute approximate surface area is 245 Å². The quantitative estimate of drug-likeness (QED) is 0.305. The first-order valence-corrected chi connectivity index (χ1v) is 14.4. The number of halogens is 1. The molecule has 0 spiro atoms. The molecular weight excluding hydrogens is 531 g/mol. The van der Waals surface area contributed by atoms with Crippen molar-refractivity contribution < 1.29 is 9.18 Å². The first kappa shape index (κ1) is 27.7. The summed E-state index contributed by atoms with van der Waals surface area (Å²) in [5.74, 6) is -0.0459. The molecule has 0 atom stereocenters. The predicted octanol–water partition coefficient (Wildman–Crippen LogP) is 4.92. The van der Waals surface area contributed by atoms with Crippen molar-refractivity contribution in [2.24, 2.45) is 0 Å². The molecule has 216 valence electrons. The number of nitrogens with zero attached hydrogens (tertiary/aromatic N) is 6. The first-order valence-electron chi connectivity index (χ1n) is 14.4. The molecule has 2 aromatic carbocycles. The fourth-order valence-corrected chi connectivity index (χ4v) is 5.86. The van der Waals surface area contributed by atoms with Crippen LogP contribution in [-0.4, -0.2) is 83.0 Å². The van der Waals surface area contributed by atoms with Gasteiger partial charge in [-0.05, 0) is 62.4 Å². The van der Waals surface area contributed by atoms with Crippen molar-refractivity contribution in [3.05, 3.63) is 79.5 Å². The van der Waals surface area contributed by atoms with E-state index in [9.17, 15) is 9.18 Å². The summed E-state index contributed by atoms with van der Waals surface area (Å²) < 4.78 is 14.4. The van der Waals surface area contributed by atoms with Crippen molar-refractivity contribution in [3.63, 3.8) is 0 Å². The summed E-state index contributed by atoms with van der Waals surface area (Å²) in [5, 5.41) is 7.10. The summed E-state index contributed by atoms with van der Waals surface area (Å²) in [6.07, 6.45) is 6.57. The summed E-state index contributed by atoms with van der Waals surface area (Å²) in [4.78, 5) is 33.2. The molecule has 0 unspecified atom stereocenters. The summed E-state index contributed by atoms with van der Waals surface area (Å²) in [6, 6.07) is 14.7. The average molecular weight is 567 g/mol. The second kappa shape index (κ2) is 12.2. The Morgan fingerprint density at radius 3 is 2.55 bits per heavy atom. The Morgan fingerprint density at radius 1 is 1.00 bits per heavy atom. The largest absolute Gasteiger partial charge is 0.370 e. The van der Waals surface area contributed by atoms with Gasteiger partial charge >= 0.3 is 0 Å². The molecule has 0 radical (unpaired) electrons. The molecule has 0 aliphatic carbocycles. The van der Waals surface area contributed by atoms with Crippen LogP contribution in [0.4, 0.5) is 27.3 Å². The normalized spacial score (nSPS) is 16.9. The van der Waals surface area contributed by atoms with Gasteiger partial charge < -0.3 is 20.4 Å². The summed E-state index contributed by atoms with van der Waals surface area (Å²) in [7, 11) is 2.18. The van der Waals surface area contributed by atoms with Crippen molar-refractivity contribution in [2.75, 3.05) is 61.8 Å². The third-order valence-electron chi connectivity index (χ3n) is 8.23. The minimum atomic E-state index is -0.336. The van der Waals surface area contributed by atoms with E-state index in [-0.39, 0.29) is 11.7 Å². The number of carbonyl (C=O) groups is 1. The number of rotatable bonds is 7. The molecule has 9 nitrogen and oxygen atoms in total. The number of aromatic nitrogens is 3. The molecular formula is C32H35FN8O. The Morgan fingerprint density at radius 2 is 1.79 bits per heavy atom. The molecule has 4 heterocycles. The van der Waals surface area contributed by atoms with Gasteiger partial charge in [0.15, 0.2) is 0 Å². The maximum Gasteiger partial charge on any atom is 0.247 e. The third kappa shape index (κ3) is 5.95. The topological polar surface area (TPSA) is 89.5 Å². The zero-order valence-corrected chi connectivity index (χ0v) is 23.8. The Kier molecular flexibility index (Phi) is 8.07. The van der Waals surface area contributed by atoms with Gasteiger partial charge in [0.05, 0.1) is 22.6 Å². The fourth-order valence-electron chi connectivity index (χ4n) is 5.86. The summed E-state index contributed by atoms with van der Waals surface area (Å²) >= 11 is 0. The van der Waals surface area contributed by atoms with Gasteiger partial charge in [-0.3, -0.25) is 14.7 Å². The summed E-state index contributed by atoms with van der Waals surface area (Å²) in [5.41, 5.74) is 4.01. The van der Waals surface area contributed by atoms with Crippen LogP contribution in [0.1, 0.15) is 12.8 Å². The van der Waals surface area contributed by atoms with E-state index in [1.807, 2.05) is 12.1 Å². The standard InChI is InChI=1S/C32H35FN8O/c1-3-31(42)38-29-19-25-28(20-30(29)41-12-9-23(10-13-41)40-16-14-39(2)15-17-40)35-21-36-32(25)37-22-8-11-34-27(18-22)24-6-4-5-7-26(24)33/h3-8,11,18-21,23H,1,9-10,12-17H2,2H3,(H,38,42)(H,34,35,36,37). The number of hydrogen-bond donors (Lipinski definition) is 2. The number of piperazine rings is 1. The predicted molar refractivity (Wildman–Crippen MR) is 166 cm³/mol. The van der Waals surface area contributed by atoms with Crippen LogP contribution in [0.15, 0.2) is 73.7 Å². The van der Waals surface area contributed by atoms with Crippen LogP contribution in [0.25, 0.3) is 22.2 Å². The van der Waals surface area contributed by atoms with E-state index < -0.39 is 0 Å². The number of amides is 1. The highest BCUT2D eigenvalue weighted by atomic mass is 19.1. The second-order valence-electron chi connectivity index (χ2n) is 10.9. The molecule has 2 aliphatic heterocycles. The van der Waals surface area contributed by atoms with Crippen molar-refractivity contribution >= 4 is 39.7 Å². The van der Waals surface area contributed by atoms with Crippen molar-refractivity contribution in [3.8, 4) is 11.3 Å². The van der Waals surface area contributed by atoms with E-state index in [2.05, 4.69) is 53.9 Å².